The van der Waals surface area contributed by atoms with Crippen molar-refractivity contribution in [3.63, 3.8) is 0 Å². The van der Waals surface area contributed by atoms with Gasteiger partial charge in [0, 0.05) is 60.2 Å². The number of halogens is 2. The Morgan fingerprint density at radius 1 is 1.16 bits per heavy atom. The molecule has 0 fully saturated rings. The maximum atomic E-state index is 14.7. The average Bonchev–Trinajstić information content (AvgIpc) is 3.46. The third-order valence-electron chi connectivity index (χ3n) is 6.71. The Morgan fingerprint density at radius 2 is 1.91 bits per heavy atom. The minimum atomic E-state index is -1.57. The highest BCUT2D eigenvalue weighted by atomic mass is 35.5. The van der Waals surface area contributed by atoms with Crippen LogP contribution in [0.4, 0.5) is 10.2 Å². The summed E-state index contributed by atoms with van der Waals surface area (Å²) in [6.45, 7) is 6.41. The first-order valence-electron chi connectivity index (χ1n) is 14.0. The van der Waals surface area contributed by atoms with Gasteiger partial charge in [-0.25, -0.2) is 9.37 Å². The van der Waals surface area contributed by atoms with Crippen molar-refractivity contribution in [1.82, 2.24) is 24.5 Å². The van der Waals surface area contributed by atoms with Crippen LogP contribution in [-0.4, -0.2) is 68.0 Å². The molecule has 1 aliphatic rings. The van der Waals surface area contributed by atoms with E-state index in [0.29, 0.717) is 64.8 Å². The van der Waals surface area contributed by atoms with Crippen molar-refractivity contribution in [2.45, 2.75) is 45.0 Å². The summed E-state index contributed by atoms with van der Waals surface area (Å²) in [7, 11) is 18.3. The molecular formula is C28H30B3ClFN6O4P. The smallest absolute Gasteiger partial charge is 0.334 e. The number of rotatable bonds is 10. The summed E-state index contributed by atoms with van der Waals surface area (Å²) in [5.41, 5.74) is 4.74. The van der Waals surface area contributed by atoms with Gasteiger partial charge in [0.1, 0.15) is 18.7 Å². The van der Waals surface area contributed by atoms with E-state index in [2.05, 4.69) is 15.4 Å². The Morgan fingerprint density at radius 3 is 2.61 bits per heavy atom. The molecule has 0 aliphatic carbocycles. The molecule has 10 nitrogen and oxygen atoms in total. The topological polar surface area (TPSA) is 97.5 Å². The first-order chi connectivity index (χ1) is 21.0. The van der Waals surface area contributed by atoms with E-state index in [1.165, 1.54) is 12.1 Å². The molecule has 44 heavy (non-hydrogen) atoms. The van der Waals surface area contributed by atoms with Gasteiger partial charge < -0.3 is 19.1 Å². The Bertz CT molecular complexity index is 1630. The Kier molecular flexibility index (Phi) is 10.1. The van der Waals surface area contributed by atoms with E-state index in [1.54, 1.807) is 27.7 Å². The molecule has 1 aliphatic heterocycles. The lowest BCUT2D eigenvalue weighted by atomic mass is 9.43. The molecule has 1 aromatic carbocycles. The highest BCUT2D eigenvalue weighted by Crippen LogP contribution is 2.42. The zero-order valence-corrected chi connectivity index (χ0v) is 26.5. The predicted octanol–water partition coefficient (Wildman–Crippen LogP) is 5.45. The number of nitrogens with zero attached hydrogens (tertiary/aromatic N) is 5. The fraction of sp³-hybridized carbons (Fsp3) is 0.393. The van der Waals surface area contributed by atoms with Crippen molar-refractivity contribution in [2.75, 3.05) is 25.3 Å². The summed E-state index contributed by atoms with van der Waals surface area (Å²) < 4.78 is 41.2. The third-order valence-corrected chi connectivity index (χ3v) is 8.29. The van der Waals surface area contributed by atoms with Gasteiger partial charge in [-0.05, 0) is 45.0 Å². The first kappa shape index (κ1) is 32.5. The average molecular weight is 632 g/mol. The van der Waals surface area contributed by atoms with Crippen molar-refractivity contribution in [3.05, 3.63) is 64.3 Å². The molecule has 0 spiro atoms. The number of hydrogen-bond donors (Lipinski definition) is 1. The number of pyridine rings is 1. The molecule has 6 radical (unpaired) electrons. The quantitative estimate of drug-likeness (QED) is 0.140. The van der Waals surface area contributed by atoms with Gasteiger partial charge >= 0.3 is 8.60 Å². The van der Waals surface area contributed by atoms with Crippen molar-refractivity contribution < 1.29 is 22.7 Å². The molecule has 0 saturated carbocycles. The zero-order valence-electron chi connectivity index (χ0n) is 24.9. The second-order valence-electron chi connectivity index (χ2n) is 10.3. The summed E-state index contributed by atoms with van der Waals surface area (Å²) in [5, 5.41) is 11.1. The van der Waals surface area contributed by atoms with Gasteiger partial charge in [0.15, 0.2) is 16.7 Å². The number of nitrogens with one attached hydrogen (secondary N) is 1. The van der Waals surface area contributed by atoms with Gasteiger partial charge in [-0.15, -0.1) is 5.11 Å². The first-order valence-corrected chi connectivity index (χ1v) is 15.5. The molecular weight excluding hydrogens is 602 g/mol. The second-order valence-corrected chi connectivity index (χ2v) is 11.9. The van der Waals surface area contributed by atoms with Gasteiger partial charge in [0.05, 0.1) is 48.1 Å². The molecule has 5 rings (SSSR count). The van der Waals surface area contributed by atoms with E-state index in [4.69, 9.17) is 58.5 Å². The molecule has 4 heterocycles. The Hall–Kier alpha value is -2.89. The summed E-state index contributed by atoms with van der Waals surface area (Å²) in [5.74, 6) is 0.340. The predicted molar refractivity (Wildman–Crippen MR) is 171 cm³/mol. The van der Waals surface area contributed by atoms with Crippen LogP contribution >= 0.6 is 20.2 Å². The highest BCUT2D eigenvalue weighted by molar-refractivity contribution is 7.41. The summed E-state index contributed by atoms with van der Waals surface area (Å²) in [4.78, 5) is 4.66. The van der Waals surface area contributed by atoms with Crippen LogP contribution in [0.25, 0.3) is 22.5 Å². The number of fused-ring (bicyclic) bond motifs is 7. The minimum absolute atomic E-state index is 0.0242. The van der Waals surface area contributed by atoms with Crippen molar-refractivity contribution in [3.8, 4) is 28.3 Å². The second kappa shape index (κ2) is 13.6. The normalized spacial score (nSPS) is 14.7. The monoisotopic (exact) mass is 632 g/mol. The van der Waals surface area contributed by atoms with Gasteiger partial charge in [0.2, 0.25) is 0 Å². The fourth-order valence-corrected chi connectivity index (χ4v) is 6.08. The summed E-state index contributed by atoms with van der Waals surface area (Å²) in [6, 6.07) is 6.35. The van der Waals surface area contributed by atoms with Crippen LogP contribution in [0.15, 0.2) is 36.7 Å². The Labute approximate surface area is 266 Å². The van der Waals surface area contributed by atoms with Gasteiger partial charge in [-0.3, -0.25) is 13.9 Å². The number of benzene rings is 1. The minimum Gasteiger partial charge on any atom is -0.482 e. The van der Waals surface area contributed by atoms with Crippen LogP contribution in [-0.2, 0) is 33.6 Å². The SMILES string of the molecule is [B]C([B])([B])Cn1nc(Cl)c2c1-c1cnc(NCOP(OCC)OCC)c(c1)O[C@H](C)c1cc(F)ccc1-c1nn(C)cc1C2. The van der Waals surface area contributed by atoms with Crippen LogP contribution in [0, 0.1) is 5.82 Å². The van der Waals surface area contributed by atoms with Gasteiger partial charge in [-0.1, -0.05) is 11.6 Å². The van der Waals surface area contributed by atoms with Crippen LogP contribution < -0.4 is 10.1 Å². The van der Waals surface area contributed by atoms with E-state index in [9.17, 15) is 4.39 Å². The molecule has 224 valence electrons. The molecule has 16 heteroatoms. The molecule has 2 bridgehead atoms. The lowest BCUT2D eigenvalue weighted by Crippen LogP contribution is -2.22. The van der Waals surface area contributed by atoms with Gasteiger partial charge in [0.25, 0.3) is 0 Å². The van der Waals surface area contributed by atoms with Crippen LogP contribution in [0.1, 0.15) is 43.6 Å². The lowest BCUT2D eigenvalue weighted by Gasteiger charge is -2.24. The van der Waals surface area contributed by atoms with Crippen molar-refractivity contribution in [1.29, 1.82) is 0 Å². The van der Waals surface area contributed by atoms with Crippen molar-refractivity contribution >= 4 is 49.6 Å². The van der Waals surface area contributed by atoms with E-state index in [-0.39, 0.29) is 18.4 Å². The molecule has 3 aromatic heterocycles. The fourth-order valence-electron chi connectivity index (χ4n) is 5.02. The molecule has 0 amide bonds. The third kappa shape index (κ3) is 7.32. The number of aryl methyl sites for hydroxylation is 1. The number of aromatic nitrogens is 5. The largest absolute Gasteiger partial charge is 0.482 e. The summed E-state index contributed by atoms with van der Waals surface area (Å²) >= 11 is 6.76. The maximum absolute atomic E-state index is 14.7. The molecule has 1 atom stereocenters. The zero-order chi connectivity index (χ0) is 31.6. The molecule has 0 saturated heterocycles. The van der Waals surface area contributed by atoms with E-state index >= 15 is 0 Å². The molecule has 1 N–H and O–H groups in total. The highest BCUT2D eigenvalue weighted by Gasteiger charge is 2.28. The summed E-state index contributed by atoms with van der Waals surface area (Å²) in [6.07, 6.45) is 3.27. The van der Waals surface area contributed by atoms with Crippen LogP contribution in [0.5, 0.6) is 5.75 Å². The van der Waals surface area contributed by atoms with Crippen molar-refractivity contribution in [2.24, 2.45) is 7.05 Å². The van der Waals surface area contributed by atoms with E-state index < -0.39 is 25.6 Å². The number of anilines is 1. The van der Waals surface area contributed by atoms with Gasteiger partial charge in [-0.2, -0.15) is 10.2 Å². The maximum Gasteiger partial charge on any atom is 0.334 e. The van der Waals surface area contributed by atoms with Crippen LogP contribution in [0.2, 0.25) is 10.3 Å². The lowest BCUT2D eigenvalue weighted by molar-refractivity contribution is 0.177. The standard InChI is InChI=1S/C28H30B3ClFN6O4P/c1-5-40-44(41-6-2)42-15-35-27-23-10-17(12-34-27)25-22(26(32)37-39(25)14-28(29,30)31)9-18-13-38(4)36-24(18)20-8-7-19(33)11-21(20)16(3)43-23/h7-8,10-13,16H,5-6,9,14-15H2,1-4H3,(H,34,35)/t16-/m1/s1. The molecule has 0 unspecified atom stereocenters. The van der Waals surface area contributed by atoms with E-state index in [1.807, 2.05) is 34.0 Å². The number of ether oxygens (including phenoxy) is 1. The van der Waals surface area contributed by atoms with Crippen LogP contribution in [0.3, 0.4) is 0 Å². The van der Waals surface area contributed by atoms with E-state index in [0.717, 1.165) is 5.56 Å². The number of hydrogen-bond acceptors (Lipinski definition) is 8. The molecule has 4 aromatic rings. The Balaban J connectivity index is 1.66.